The van der Waals surface area contributed by atoms with Gasteiger partial charge in [0.15, 0.2) is 0 Å². The van der Waals surface area contributed by atoms with Crippen LogP contribution in [0.4, 0.5) is 5.69 Å². The van der Waals surface area contributed by atoms with Gasteiger partial charge in [0.05, 0.1) is 25.8 Å². The Kier molecular flexibility index (Phi) is 7.95. The largest absolute Gasteiger partial charge is 0.497 e. The molecule has 1 aliphatic rings. The van der Waals surface area contributed by atoms with Gasteiger partial charge in [-0.3, -0.25) is 9.59 Å². The summed E-state index contributed by atoms with van der Waals surface area (Å²) >= 11 is 0. The zero-order valence-corrected chi connectivity index (χ0v) is 16.9. The standard InChI is InChI=1S/C21H32N2O4/c1-5-7-8-15(6-2)13-22-21(25)16-11-20(24)23(14-16)18-10-9-17(26-3)12-19(18)27-4/h9-10,12,15-16H,5-8,11,13-14H2,1-4H3,(H,22,25)/t15-,16-/m1/s1. The Labute approximate surface area is 162 Å². The molecule has 0 aromatic heterocycles. The number of hydrogen-bond donors (Lipinski definition) is 1. The minimum Gasteiger partial charge on any atom is -0.497 e. The predicted molar refractivity (Wildman–Crippen MR) is 106 cm³/mol. The minimum atomic E-state index is -0.326. The fourth-order valence-electron chi connectivity index (χ4n) is 3.46. The van der Waals surface area contributed by atoms with Crippen LogP contribution in [-0.2, 0) is 9.59 Å². The van der Waals surface area contributed by atoms with E-state index in [4.69, 9.17) is 9.47 Å². The summed E-state index contributed by atoms with van der Waals surface area (Å²) in [5.74, 6) is 1.31. The lowest BCUT2D eigenvalue weighted by atomic mass is 9.99. The van der Waals surface area contributed by atoms with Crippen LogP contribution in [0.5, 0.6) is 11.5 Å². The number of benzene rings is 1. The zero-order chi connectivity index (χ0) is 19.8. The van der Waals surface area contributed by atoms with Crippen molar-refractivity contribution < 1.29 is 19.1 Å². The van der Waals surface area contributed by atoms with Gasteiger partial charge in [0.1, 0.15) is 11.5 Å². The average molecular weight is 376 g/mol. The van der Waals surface area contributed by atoms with E-state index in [0.29, 0.717) is 36.2 Å². The Balaban J connectivity index is 1.99. The molecule has 2 amide bonds. The van der Waals surface area contributed by atoms with Crippen LogP contribution >= 0.6 is 0 Å². The third-order valence-electron chi connectivity index (χ3n) is 5.28. The van der Waals surface area contributed by atoms with Crippen LogP contribution in [0, 0.1) is 11.8 Å². The predicted octanol–water partition coefficient (Wildman–Crippen LogP) is 3.39. The molecule has 6 heteroatoms. The van der Waals surface area contributed by atoms with Crippen molar-refractivity contribution in [1.82, 2.24) is 5.32 Å². The van der Waals surface area contributed by atoms with E-state index in [1.165, 1.54) is 12.8 Å². The maximum atomic E-state index is 12.6. The zero-order valence-electron chi connectivity index (χ0n) is 16.9. The van der Waals surface area contributed by atoms with Gasteiger partial charge in [-0.15, -0.1) is 0 Å². The van der Waals surface area contributed by atoms with Crippen LogP contribution in [0.2, 0.25) is 0 Å². The van der Waals surface area contributed by atoms with Gasteiger partial charge in [-0.25, -0.2) is 0 Å². The molecule has 1 aromatic carbocycles. The molecule has 0 bridgehead atoms. The van der Waals surface area contributed by atoms with Crippen molar-refractivity contribution in [2.24, 2.45) is 11.8 Å². The Hall–Kier alpha value is -2.24. The molecule has 0 spiro atoms. The van der Waals surface area contributed by atoms with E-state index in [0.717, 1.165) is 12.8 Å². The summed E-state index contributed by atoms with van der Waals surface area (Å²) in [5, 5.41) is 3.05. The topological polar surface area (TPSA) is 67.9 Å². The van der Waals surface area contributed by atoms with Crippen LogP contribution < -0.4 is 19.7 Å². The summed E-state index contributed by atoms with van der Waals surface area (Å²) < 4.78 is 10.6. The highest BCUT2D eigenvalue weighted by atomic mass is 16.5. The molecule has 0 saturated carbocycles. The highest BCUT2D eigenvalue weighted by Crippen LogP contribution is 2.35. The third-order valence-corrected chi connectivity index (χ3v) is 5.28. The van der Waals surface area contributed by atoms with Crippen molar-refractivity contribution in [2.75, 3.05) is 32.2 Å². The molecule has 1 N–H and O–H groups in total. The Morgan fingerprint density at radius 1 is 1.30 bits per heavy atom. The smallest absolute Gasteiger partial charge is 0.227 e. The molecule has 1 heterocycles. The van der Waals surface area contributed by atoms with E-state index >= 15 is 0 Å². The molecule has 2 rings (SSSR count). The lowest BCUT2D eigenvalue weighted by molar-refractivity contribution is -0.126. The monoisotopic (exact) mass is 376 g/mol. The van der Waals surface area contributed by atoms with E-state index in [1.54, 1.807) is 37.3 Å². The number of carbonyl (C=O) groups excluding carboxylic acids is 2. The molecule has 150 valence electrons. The fraction of sp³-hybridized carbons (Fsp3) is 0.619. The van der Waals surface area contributed by atoms with Crippen molar-refractivity contribution in [1.29, 1.82) is 0 Å². The fourth-order valence-corrected chi connectivity index (χ4v) is 3.46. The summed E-state index contributed by atoms with van der Waals surface area (Å²) in [6.07, 6.45) is 4.76. The summed E-state index contributed by atoms with van der Waals surface area (Å²) in [6, 6.07) is 5.33. The summed E-state index contributed by atoms with van der Waals surface area (Å²) in [6.45, 7) is 5.39. The quantitative estimate of drug-likeness (QED) is 0.680. The first-order valence-corrected chi connectivity index (χ1v) is 9.84. The van der Waals surface area contributed by atoms with Crippen molar-refractivity contribution >= 4 is 17.5 Å². The van der Waals surface area contributed by atoms with Crippen LogP contribution in [0.1, 0.15) is 46.0 Å². The summed E-state index contributed by atoms with van der Waals surface area (Å²) in [7, 11) is 3.14. The van der Waals surface area contributed by atoms with Gasteiger partial charge in [0.2, 0.25) is 11.8 Å². The first-order chi connectivity index (χ1) is 13.0. The van der Waals surface area contributed by atoms with E-state index in [9.17, 15) is 9.59 Å². The van der Waals surface area contributed by atoms with Crippen LogP contribution in [-0.4, -0.2) is 39.1 Å². The van der Waals surface area contributed by atoms with E-state index in [1.807, 2.05) is 0 Å². The second-order valence-electron chi connectivity index (χ2n) is 7.10. The number of hydrogen-bond acceptors (Lipinski definition) is 4. The van der Waals surface area contributed by atoms with Gasteiger partial charge in [-0.1, -0.05) is 33.1 Å². The highest BCUT2D eigenvalue weighted by molar-refractivity contribution is 6.01. The number of rotatable bonds is 10. The van der Waals surface area contributed by atoms with Crippen LogP contribution in [0.3, 0.4) is 0 Å². The molecule has 1 saturated heterocycles. The molecule has 27 heavy (non-hydrogen) atoms. The van der Waals surface area contributed by atoms with Crippen molar-refractivity contribution in [3.63, 3.8) is 0 Å². The second-order valence-corrected chi connectivity index (χ2v) is 7.10. The molecule has 0 unspecified atom stereocenters. The van der Waals surface area contributed by atoms with Crippen LogP contribution in [0.25, 0.3) is 0 Å². The first kappa shape index (κ1) is 21.1. The highest BCUT2D eigenvalue weighted by Gasteiger charge is 2.36. The molecule has 0 radical (unpaired) electrons. The molecule has 1 fully saturated rings. The molecule has 1 aromatic rings. The van der Waals surface area contributed by atoms with Gasteiger partial charge < -0.3 is 19.7 Å². The molecule has 1 aliphatic heterocycles. The lowest BCUT2D eigenvalue weighted by Gasteiger charge is -2.20. The molecule has 2 atom stereocenters. The number of unbranched alkanes of at least 4 members (excludes halogenated alkanes) is 1. The Bertz CT molecular complexity index is 647. The molecular formula is C21H32N2O4. The van der Waals surface area contributed by atoms with Gasteiger partial charge in [-0.2, -0.15) is 0 Å². The second kappa shape index (κ2) is 10.2. The van der Waals surface area contributed by atoms with E-state index in [-0.39, 0.29) is 24.2 Å². The number of carbonyl (C=O) groups is 2. The van der Waals surface area contributed by atoms with E-state index < -0.39 is 0 Å². The Morgan fingerprint density at radius 2 is 2.07 bits per heavy atom. The Morgan fingerprint density at radius 3 is 2.70 bits per heavy atom. The number of anilines is 1. The van der Waals surface area contributed by atoms with Gasteiger partial charge in [-0.05, 0) is 24.5 Å². The van der Waals surface area contributed by atoms with E-state index in [2.05, 4.69) is 19.2 Å². The minimum absolute atomic E-state index is 0.0340. The summed E-state index contributed by atoms with van der Waals surface area (Å²) in [5.41, 5.74) is 0.674. The maximum Gasteiger partial charge on any atom is 0.227 e. The molecule has 6 nitrogen and oxygen atoms in total. The summed E-state index contributed by atoms with van der Waals surface area (Å²) in [4.78, 5) is 26.7. The third kappa shape index (κ3) is 5.37. The number of ether oxygens (including phenoxy) is 2. The number of amides is 2. The molecule has 0 aliphatic carbocycles. The number of methoxy groups -OCH3 is 2. The number of nitrogens with one attached hydrogen (secondary N) is 1. The van der Waals surface area contributed by atoms with Crippen molar-refractivity contribution in [3.05, 3.63) is 18.2 Å². The average Bonchev–Trinajstić information content (AvgIpc) is 3.08. The normalized spacial score (nSPS) is 17.7. The van der Waals surface area contributed by atoms with Gasteiger partial charge in [0, 0.05) is 25.6 Å². The SMILES string of the molecule is CCCC[C@@H](CC)CNC(=O)[C@@H]1CC(=O)N(c2ccc(OC)cc2OC)C1. The van der Waals surface area contributed by atoms with Crippen molar-refractivity contribution in [3.8, 4) is 11.5 Å². The molecular weight excluding hydrogens is 344 g/mol. The number of nitrogens with zero attached hydrogens (tertiary/aromatic N) is 1. The van der Waals surface area contributed by atoms with Gasteiger partial charge >= 0.3 is 0 Å². The lowest BCUT2D eigenvalue weighted by Crippen LogP contribution is -2.35. The van der Waals surface area contributed by atoms with Gasteiger partial charge in [0.25, 0.3) is 0 Å². The van der Waals surface area contributed by atoms with Crippen molar-refractivity contribution in [2.45, 2.75) is 46.0 Å². The van der Waals surface area contributed by atoms with Crippen LogP contribution in [0.15, 0.2) is 18.2 Å². The maximum absolute atomic E-state index is 12.6. The first-order valence-electron chi connectivity index (χ1n) is 9.84.